The summed E-state index contributed by atoms with van der Waals surface area (Å²) in [5, 5.41) is 10.5. The molecule has 4 aromatic rings. The number of H-pyrrole nitrogens is 1. The van der Waals surface area contributed by atoms with Crippen molar-refractivity contribution >= 4 is 23.6 Å². The molecular formula is C19H17N7OS. The summed E-state index contributed by atoms with van der Waals surface area (Å²) in [6.45, 7) is 0. The Bertz CT molecular complexity index is 1090. The van der Waals surface area contributed by atoms with E-state index in [1.165, 1.54) is 0 Å². The number of anilines is 1. The van der Waals surface area contributed by atoms with Gasteiger partial charge in [-0.05, 0) is 29.8 Å². The molecule has 1 aromatic carbocycles. The van der Waals surface area contributed by atoms with Gasteiger partial charge in [0, 0.05) is 37.0 Å². The third-order valence-corrected chi connectivity index (χ3v) is 5.08. The molecule has 3 aromatic heterocycles. The standard InChI is InChI=1S/C19H17N7OS/c1-26-10-9-21-19(26)28-12-13-5-4-6-14(11-13)17(27)23-18-22-16(24-25-18)15-7-2-3-8-20-15/h2-11H,12H2,1H3,(H2,22,23,24,25,27). The minimum Gasteiger partial charge on any atom is -0.329 e. The first-order valence-corrected chi connectivity index (χ1v) is 9.52. The summed E-state index contributed by atoms with van der Waals surface area (Å²) in [5.74, 6) is 1.15. The first kappa shape index (κ1) is 17.9. The number of benzene rings is 1. The van der Waals surface area contributed by atoms with Crippen LogP contribution >= 0.6 is 11.8 Å². The second kappa shape index (κ2) is 8.05. The number of amides is 1. The minimum absolute atomic E-state index is 0.207. The van der Waals surface area contributed by atoms with Gasteiger partial charge in [0.2, 0.25) is 5.95 Å². The Morgan fingerprint density at radius 2 is 2.11 bits per heavy atom. The van der Waals surface area contributed by atoms with Gasteiger partial charge in [-0.25, -0.2) is 4.98 Å². The number of thioether (sulfide) groups is 1. The lowest BCUT2D eigenvalue weighted by atomic mass is 10.1. The Morgan fingerprint density at radius 1 is 1.18 bits per heavy atom. The number of nitrogens with one attached hydrogen (secondary N) is 2. The van der Waals surface area contributed by atoms with E-state index in [2.05, 4.69) is 30.5 Å². The fourth-order valence-corrected chi connectivity index (χ4v) is 3.43. The van der Waals surface area contributed by atoms with E-state index >= 15 is 0 Å². The number of pyridine rings is 1. The second-order valence-corrected chi connectivity index (χ2v) is 6.93. The van der Waals surface area contributed by atoms with Gasteiger partial charge in [0.1, 0.15) is 5.69 Å². The van der Waals surface area contributed by atoms with E-state index in [4.69, 9.17) is 0 Å². The summed E-state index contributed by atoms with van der Waals surface area (Å²) in [7, 11) is 1.95. The predicted octanol–water partition coefficient (Wildman–Crippen LogP) is 3.14. The molecule has 0 unspecified atom stereocenters. The van der Waals surface area contributed by atoms with E-state index in [-0.39, 0.29) is 11.9 Å². The van der Waals surface area contributed by atoms with Crippen molar-refractivity contribution in [2.75, 3.05) is 5.32 Å². The maximum atomic E-state index is 12.6. The highest BCUT2D eigenvalue weighted by Gasteiger charge is 2.12. The predicted molar refractivity (Wildman–Crippen MR) is 107 cm³/mol. The van der Waals surface area contributed by atoms with E-state index in [1.807, 2.05) is 54.2 Å². The maximum absolute atomic E-state index is 12.6. The highest BCUT2D eigenvalue weighted by molar-refractivity contribution is 7.98. The molecule has 9 heteroatoms. The van der Waals surface area contributed by atoms with Gasteiger partial charge in [-0.2, -0.15) is 4.98 Å². The van der Waals surface area contributed by atoms with Crippen LogP contribution in [0, 0.1) is 0 Å². The zero-order chi connectivity index (χ0) is 19.3. The van der Waals surface area contributed by atoms with Crippen molar-refractivity contribution in [2.45, 2.75) is 10.9 Å². The van der Waals surface area contributed by atoms with Gasteiger partial charge in [0.05, 0.1) is 0 Å². The molecule has 0 aliphatic heterocycles. The lowest BCUT2D eigenvalue weighted by Crippen LogP contribution is -2.13. The lowest BCUT2D eigenvalue weighted by Gasteiger charge is -2.05. The highest BCUT2D eigenvalue weighted by Crippen LogP contribution is 2.21. The fourth-order valence-electron chi connectivity index (χ4n) is 2.55. The van der Waals surface area contributed by atoms with Gasteiger partial charge in [0.25, 0.3) is 5.91 Å². The van der Waals surface area contributed by atoms with Crippen molar-refractivity contribution in [3.05, 3.63) is 72.2 Å². The quantitative estimate of drug-likeness (QED) is 0.490. The van der Waals surface area contributed by atoms with Crippen molar-refractivity contribution < 1.29 is 4.79 Å². The van der Waals surface area contributed by atoms with Crippen LogP contribution in [0.1, 0.15) is 15.9 Å². The van der Waals surface area contributed by atoms with E-state index in [0.717, 1.165) is 16.5 Å². The average Bonchev–Trinajstić information content (AvgIpc) is 3.36. The molecule has 0 radical (unpaired) electrons. The summed E-state index contributed by atoms with van der Waals surface area (Å²) >= 11 is 1.62. The number of nitrogens with zero attached hydrogens (tertiary/aromatic N) is 5. The Kier molecular flexibility index (Phi) is 5.16. The van der Waals surface area contributed by atoms with Crippen LogP contribution in [0.4, 0.5) is 5.95 Å². The summed E-state index contributed by atoms with van der Waals surface area (Å²) in [6.07, 6.45) is 5.34. The molecule has 0 fully saturated rings. The number of rotatable bonds is 6. The van der Waals surface area contributed by atoms with Gasteiger partial charge >= 0.3 is 0 Å². The summed E-state index contributed by atoms with van der Waals surface area (Å²) in [4.78, 5) is 25.3. The largest absolute Gasteiger partial charge is 0.329 e. The highest BCUT2D eigenvalue weighted by atomic mass is 32.2. The number of hydrogen-bond acceptors (Lipinski definition) is 6. The first-order valence-electron chi connectivity index (χ1n) is 8.53. The third-order valence-electron chi connectivity index (χ3n) is 3.95. The zero-order valence-corrected chi connectivity index (χ0v) is 15.8. The number of imidazole rings is 1. The molecule has 3 heterocycles. The first-order chi connectivity index (χ1) is 13.7. The zero-order valence-electron chi connectivity index (χ0n) is 15.0. The molecule has 4 rings (SSSR count). The van der Waals surface area contributed by atoms with Crippen molar-refractivity contribution in [1.82, 2.24) is 29.7 Å². The molecule has 2 N–H and O–H groups in total. The van der Waals surface area contributed by atoms with Gasteiger partial charge in [-0.1, -0.05) is 30.0 Å². The second-order valence-electron chi connectivity index (χ2n) is 5.99. The molecule has 0 bridgehead atoms. The molecule has 140 valence electrons. The Balaban J connectivity index is 1.42. The number of carbonyl (C=O) groups is 1. The third kappa shape index (κ3) is 4.09. The fraction of sp³-hybridized carbons (Fsp3) is 0.105. The van der Waals surface area contributed by atoms with Crippen molar-refractivity contribution in [3.63, 3.8) is 0 Å². The maximum Gasteiger partial charge on any atom is 0.258 e. The minimum atomic E-state index is -0.268. The van der Waals surface area contributed by atoms with Gasteiger partial charge < -0.3 is 4.57 Å². The molecular weight excluding hydrogens is 374 g/mol. The molecule has 0 atom stereocenters. The van der Waals surface area contributed by atoms with E-state index in [0.29, 0.717) is 17.1 Å². The summed E-state index contributed by atoms with van der Waals surface area (Å²) in [6, 6.07) is 13.0. The van der Waals surface area contributed by atoms with Crippen molar-refractivity contribution in [1.29, 1.82) is 0 Å². The number of hydrogen-bond donors (Lipinski definition) is 2. The molecule has 0 saturated carbocycles. The van der Waals surface area contributed by atoms with Gasteiger partial charge in [-0.15, -0.1) is 5.10 Å². The Hall–Kier alpha value is -3.46. The van der Waals surface area contributed by atoms with Crippen LogP contribution in [0.15, 0.2) is 66.2 Å². The van der Waals surface area contributed by atoms with Crippen LogP contribution in [0.2, 0.25) is 0 Å². The van der Waals surface area contributed by atoms with Crippen molar-refractivity contribution in [2.24, 2.45) is 7.05 Å². The number of carbonyl (C=O) groups excluding carboxylic acids is 1. The molecule has 1 amide bonds. The topological polar surface area (TPSA) is 101 Å². The molecule has 0 aliphatic carbocycles. The number of aromatic nitrogens is 6. The molecule has 28 heavy (non-hydrogen) atoms. The van der Waals surface area contributed by atoms with Gasteiger partial charge in [-0.3, -0.25) is 20.2 Å². The molecule has 0 saturated heterocycles. The lowest BCUT2D eigenvalue weighted by molar-refractivity contribution is 0.102. The Labute approximate surface area is 165 Å². The van der Waals surface area contributed by atoms with Crippen molar-refractivity contribution in [3.8, 4) is 11.5 Å². The van der Waals surface area contributed by atoms with Crippen LogP contribution in [0.25, 0.3) is 11.5 Å². The summed E-state index contributed by atoms with van der Waals surface area (Å²) in [5.41, 5.74) is 2.23. The average molecular weight is 391 g/mol. The van der Waals surface area contributed by atoms with Crippen LogP contribution < -0.4 is 5.32 Å². The molecule has 0 aliphatic rings. The van der Waals surface area contributed by atoms with Crippen LogP contribution in [-0.4, -0.2) is 35.6 Å². The molecule has 8 nitrogen and oxygen atoms in total. The van der Waals surface area contributed by atoms with E-state index < -0.39 is 0 Å². The number of aromatic amines is 1. The smallest absolute Gasteiger partial charge is 0.258 e. The monoisotopic (exact) mass is 391 g/mol. The van der Waals surface area contributed by atoms with Crippen LogP contribution in [0.5, 0.6) is 0 Å². The Morgan fingerprint density at radius 3 is 2.89 bits per heavy atom. The van der Waals surface area contributed by atoms with Crippen LogP contribution in [0.3, 0.4) is 0 Å². The SMILES string of the molecule is Cn1ccnc1SCc1cccc(C(=O)Nc2n[nH]c(-c3ccccn3)n2)c1. The normalized spacial score (nSPS) is 10.8. The van der Waals surface area contributed by atoms with E-state index in [1.54, 1.807) is 30.2 Å². The van der Waals surface area contributed by atoms with E-state index in [9.17, 15) is 4.79 Å². The summed E-state index contributed by atoms with van der Waals surface area (Å²) < 4.78 is 1.96. The number of aryl methyl sites for hydroxylation is 1. The van der Waals surface area contributed by atoms with Gasteiger partial charge in [0.15, 0.2) is 11.0 Å². The molecule has 0 spiro atoms. The van der Waals surface area contributed by atoms with Crippen LogP contribution in [-0.2, 0) is 12.8 Å².